The SMILES string of the molecule is Cc1[c]c(Cl)c(-c2c(C)cccc2Cl)cc1. The van der Waals surface area contributed by atoms with Crippen LogP contribution < -0.4 is 0 Å². The van der Waals surface area contributed by atoms with E-state index in [4.69, 9.17) is 23.2 Å². The van der Waals surface area contributed by atoms with E-state index in [9.17, 15) is 0 Å². The van der Waals surface area contributed by atoms with Crippen molar-refractivity contribution in [2.75, 3.05) is 0 Å². The van der Waals surface area contributed by atoms with Gasteiger partial charge in [0.15, 0.2) is 0 Å². The minimum atomic E-state index is 0.621. The Morgan fingerprint density at radius 2 is 1.75 bits per heavy atom. The van der Waals surface area contributed by atoms with Crippen LogP contribution in [0.2, 0.25) is 10.0 Å². The van der Waals surface area contributed by atoms with Gasteiger partial charge in [0, 0.05) is 22.2 Å². The zero-order chi connectivity index (χ0) is 11.7. The first-order valence-electron chi connectivity index (χ1n) is 5.03. The Kier molecular flexibility index (Phi) is 3.22. The van der Waals surface area contributed by atoms with Crippen molar-refractivity contribution < 1.29 is 0 Å². The lowest BCUT2D eigenvalue weighted by molar-refractivity contribution is 1.42. The molecule has 0 bridgehead atoms. The van der Waals surface area contributed by atoms with Crippen LogP contribution >= 0.6 is 23.2 Å². The average Bonchev–Trinajstić information content (AvgIpc) is 2.20. The molecule has 1 radical (unpaired) electrons. The summed E-state index contributed by atoms with van der Waals surface area (Å²) in [5.74, 6) is 0. The summed E-state index contributed by atoms with van der Waals surface area (Å²) >= 11 is 12.4. The molecule has 0 aliphatic heterocycles. The van der Waals surface area contributed by atoms with E-state index in [-0.39, 0.29) is 0 Å². The Morgan fingerprint density at radius 1 is 1.00 bits per heavy atom. The van der Waals surface area contributed by atoms with Gasteiger partial charge >= 0.3 is 0 Å². The molecular weight excluding hydrogens is 239 g/mol. The van der Waals surface area contributed by atoms with Crippen molar-refractivity contribution in [3.05, 3.63) is 57.6 Å². The maximum absolute atomic E-state index is 6.20. The van der Waals surface area contributed by atoms with Crippen LogP contribution in [0.3, 0.4) is 0 Å². The molecule has 0 N–H and O–H groups in total. The van der Waals surface area contributed by atoms with Gasteiger partial charge < -0.3 is 0 Å². The average molecular weight is 250 g/mol. The largest absolute Gasteiger partial charge is 0.0837 e. The minimum Gasteiger partial charge on any atom is -0.0837 e. The Hall–Kier alpha value is -0.980. The zero-order valence-corrected chi connectivity index (χ0v) is 10.7. The van der Waals surface area contributed by atoms with Crippen molar-refractivity contribution in [2.45, 2.75) is 13.8 Å². The molecule has 81 valence electrons. The molecule has 0 saturated heterocycles. The molecule has 0 nitrogen and oxygen atoms in total. The smallest absolute Gasteiger partial charge is 0.0566 e. The highest BCUT2D eigenvalue weighted by molar-refractivity contribution is 6.36. The first kappa shape index (κ1) is 11.5. The standard InChI is InChI=1S/C14H11Cl2/c1-9-6-7-11(13(16)8-9)14-10(2)4-3-5-12(14)15/h3-7H,1-2H3. The van der Waals surface area contributed by atoms with Gasteiger partial charge in [0.1, 0.15) is 0 Å². The Morgan fingerprint density at radius 3 is 2.38 bits per heavy atom. The van der Waals surface area contributed by atoms with Gasteiger partial charge in [-0.15, -0.1) is 0 Å². The second-order valence-electron chi connectivity index (χ2n) is 3.80. The Labute approximate surface area is 106 Å². The number of benzene rings is 2. The zero-order valence-electron chi connectivity index (χ0n) is 9.14. The van der Waals surface area contributed by atoms with Crippen molar-refractivity contribution in [1.29, 1.82) is 0 Å². The summed E-state index contributed by atoms with van der Waals surface area (Å²) in [7, 11) is 0. The molecule has 0 amide bonds. The summed E-state index contributed by atoms with van der Waals surface area (Å²) in [5, 5.41) is 1.34. The van der Waals surface area contributed by atoms with Gasteiger partial charge in [0.25, 0.3) is 0 Å². The van der Waals surface area contributed by atoms with Crippen LogP contribution in [0.5, 0.6) is 0 Å². The predicted molar refractivity (Wildman–Crippen MR) is 70.2 cm³/mol. The summed E-state index contributed by atoms with van der Waals surface area (Å²) in [4.78, 5) is 0. The van der Waals surface area contributed by atoms with E-state index in [1.165, 1.54) is 0 Å². The van der Waals surface area contributed by atoms with Gasteiger partial charge in [-0.2, -0.15) is 0 Å². The molecular formula is C14H11Cl2. The number of hydrogen-bond acceptors (Lipinski definition) is 0. The maximum Gasteiger partial charge on any atom is 0.0566 e. The highest BCUT2D eigenvalue weighted by Gasteiger charge is 2.10. The summed E-state index contributed by atoms with van der Waals surface area (Å²) in [6.07, 6.45) is 0. The lowest BCUT2D eigenvalue weighted by atomic mass is 9.99. The summed E-state index contributed by atoms with van der Waals surface area (Å²) in [5.41, 5.74) is 4.07. The lowest BCUT2D eigenvalue weighted by Gasteiger charge is -2.10. The third-order valence-electron chi connectivity index (χ3n) is 2.53. The maximum atomic E-state index is 6.20. The van der Waals surface area contributed by atoms with Gasteiger partial charge in [0.2, 0.25) is 0 Å². The molecule has 0 spiro atoms. The van der Waals surface area contributed by atoms with Crippen molar-refractivity contribution in [3.8, 4) is 11.1 Å². The third kappa shape index (κ3) is 2.09. The van der Waals surface area contributed by atoms with Crippen molar-refractivity contribution in [3.63, 3.8) is 0 Å². The molecule has 0 heterocycles. The van der Waals surface area contributed by atoms with Crippen LogP contribution in [-0.4, -0.2) is 0 Å². The Bertz CT molecular complexity index is 510. The molecule has 0 aliphatic carbocycles. The van der Waals surface area contributed by atoms with Gasteiger partial charge in [-0.25, -0.2) is 0 Å². The van der Waals surface area contributed by atoms with Crippen molar-refractivity contribution >= 4 is 23.2 Å². The first-order chi connectivity index (χ1) is 7.59. The molecule has 2 aromatic rings. The van der Waals surface area contributed by atoms with Gasteiger partial charge in [-0.3, -0.25) is 0 Å². The van der Waals surface area contributed by atoms with Gasteiger partial charge in [-0.1, -0.05) is 47.5 Å². The fourth-order valence-electron chi connectivity index (χ4n) is 1.73. The summed E-state index contributed by atoms with van der Waals surface area (Å²) in [6.45, 7) is 3.99. The van der Waals surface area contributed by atoms with Crippen LogP contribution in [0.25, 0.3) is 11.1 Å². The highest BCUT2D eigenvalue weighted by atomic mass is 35.5. The number of halogens is 2. The van der Waals surface area contributed by atoms with E-state index < -0.39 is 0 Å². The van der Waals surface area contributed by atoms with Crippen LogP contribution in [0, 0.1) is 19.9 Å². The number of hydrogen-bond donors (Lipinski definition) is 0. The highest BCUT2D eigenvalue weighted by Crippen LogP contribution is 2.35. The molecule has 0 aliphatic rings. The number of rotatable bonds is 1. The molecule has 0 aromatic heterocycles. The van der Waals surface area contributed by atoms with E-state index in [1.54, 1.807) is 0 Å². The van der Waals surface area contributed by atoms with Crippen molar-refractivity contribution in [1.82, 2.24) is 0 Å². The second kappa shape index (κ2) is 4.48. The minimum absolute atomic E-state index is 0.621. The molecule has 0 fully saturated rings. The normalized spacial score (nSPS) is 10.5. The molecule has 2 rings (SSSR count). The van der Waals surface area contributed by atoms with Crippen LogP contribution in [-0.2, 0) is 0 Å². The summed E-state index contributed by atoms with van der Waals surface area (Å²) < 4.78 is 0. The van der Waals surface area contributed by atoms with Crippen LogP contribution in [0.4, 0.5) is 0 Å². The second-order valence-corrected chi connectivity index (χ2v) is 4.59. The van der Waals surface area contributed by atoms with Crippen molar-refractivity contribution in [2.24, 2.45) is 0 Å². The van der Waals surface area contributed by atoms with Crippen LogP contribution in [0.1, 0.15) is 11.1 Å². The molecule has 0 unspecified atom stereocenters. The molecule has 0 atom stereocenters. The molecule has 2 heteroatoms. The third-order valence-corrected chi connectivity index (χ3v) is 3.15. The van der Waals surface area contributed by atoms with E-state index in [0.29, 0.717) is 5.02 Å². The fraction of sp³-hybridized carbons (Fsp3) is 0.143. The summed E-state index contributed by atoms with van der Waals surface area (Å²) in [6, 6.07) is 12.9. The molecule has 0 saturated carbocycles. The molecule has 2 aromatic carbocycles. The van der Waals surface area contributed by atoms with Gasteiger partial charge in [-0.05, 0) is 31.0 Å². The molecule has 16 heavy (non-hydrogen) atoms. The lowest BCUT2D eigenvalue weighted by Crippen LogP contribution is -1.87. The monoisotopic (exact) mass is 249 g/mol. The predicted octanol–water partition coefficient (Wildman–Crippen LogP) is 5.08. The first-order valence-corrected chi connectivity index (χ1v) is 5.79. The van der Waals surface area contributed by atoms with E-state index in [1.807, 2.05) is 44.2 Å². The van der Waals surface area contributed by atoms with Crippen LogP contribution in [0.15, 0.2) is 30.3 Å². The van der Waals surface area contributed by atoms with Gasteiger partial charge in [0.05, 0.1) is 5.02 Å². The van der Waals surface area contributed by atoms with E-state index >= 15 is 0 Å². The Balaban J connectivity index is 2.68. The quantitative estimate of drug-likeness (QED) is 0.662. The van der Waals surface area contributed by atoms with E-state index in [0.717, 1.165) is 27.3 Å². The number of aryl methyl sites for hydroxylation is 2. The van der Waals surface area contributed by atoms with E-state index in [2.05, 4.69) is 6.07 Å². The fourth-order valence-corrected chi connectivity index (χ4v) is 2.36. The topological polar surface area (TPSA) is 0 Å².